The predicted octanol–water partition coefficient (Wildman–Crippen LogP) is 3.40. The van der Waals surface area contributed by atoms with Crippen molar-refractivity contribution in [2.75, 3.05) is 24.2 Å². The highest BCUT2D eigenvalue weighted by Gasteiger charge is 2.32. The van der Waals surface area contributed by atoms with Crippen LogP contribution in [0.3, 0.4) is 0 Å². The number of ether oxygens (including phenoxy) is 1. The topological polar surface area (TPSA) is 96.0 Å². The molecule has 0 bridgehead atoms. The smallest absolute Gasteiger partial charge is 0.244 e. The van der Waals surface area contributed by atoms with E-state index in [-0.39, 0.29) is 18.5 Å². The van der Waals surface area contributed by atoms with E-state index >= 15 is 0 Å². The molecule has 1 atom stereocenters. The minimum atomic E-state index is -3.75. The van der Waals surface area contributed by atoms with Crippen molar-refractivity contribution < 1.29 is 22.7 Å². The largest absolute Gasteiger partial charge is 0.497 e. The molecule has 0 saturated heterocycles. The van der Waals surface area contributed by atoms with Gasteiger partial charge in [0.2, 0.25) is 21.8 Å². The van der Waals surface area contributed by atoms with Gasteiger partial charge in [-0.3, -0.25) is 13.9 Å². The minimum absolute atomic E-state index is 0.102. The van der Waals surface area contributed by atoms with Crippen LogP contribution in [-0.4, -0.2) is 57.1 Å². The van der Waals surface area contributed by atoms with E-state index in [0.717, 1.165) is 19.7 Å². The molecule has 186 valence electrons. The molecule has 2 rings (SSSR count). The van der Waals surface area contributed by atoms with Gasteiger partial charge in [-0.05, 0) is 84.8 Å². The Morgan fingerprint density at radius 2 is 1.76 bits per heavy atom. The lowest BCUT2D eigenvalue weighted by molar-refractivity contribution is -0.140. The molecular weight excluding hydrogens is 569 g/mol. The summed E-state index contributed by atoms with van der Waals surface area (Å²) in [5.41, 5.74) is 1.15. The monoisotopic (exact) mass is 601 g/mol. The lowest BCUT2D eigenvalue weighted by Gasteiger charge is -2.33. The molecule has 0 spiro atoms. The fourth-order valence-corrected chi connectivity index (χ4v) is 4.70. The molecule has 8 nitrogen and oxygen atoms in total. The number of hydrogen-bond donors (Lipinski definition) is 1. The average molecular weight is 602 g/mol. The molecule has 0 unspecified atom stereocenters. The van der Waals surface area contributed by atoms with Gasteiger partial charge in [0.15, 0.2) is 0 Å². The van der Waals surface area contributed by atoms with E-state index in [9.17, 15) is 18.0 Å². The van der Waals surface area contributed by atoms with Crippen molar-refractivity contribution in [2.24, 2.45) is 0 Å². The van der Waals surface area contributed by atoms with Gasteiger partial charge in [-0.15, -0.1) is 0 Å². The second-order valence-electron chi connectivity index (χ2n) is 8.21. The first-order valence-corrected chi connectivity index (χ1v) is 13.8. The lowest BCUT2D eigenvalue weighted by Crippen LogP contribution is -2.53. The van der Waals surface area contributed by atoms with Gasteiger partial charge in [-0.25, -0.2) is 8.42 Å². The molecule has 0 radical (unpaired) electrons. The Bertz CT molecular complexity index is 1090. The number of benzene rings is 2. The van der Waals surface area contributed by atoms with Crippen LogP contribution in [0.15, 0.2) is 48.5 Å². The standard InChI is InChI=1S/C24H32IN3O5S/c1-6-22(24(30)26-17(2)3)27(15-18-8-7-9-21(14-18)33-4)23(29)16-28(34(5,31)32)20-12-10-19(25)11-13-20/h7-14,17,22H,6,15-16H2,1-5H3,(H,26,30)/t22-/m1/s1. The first-order valence-electron chi connectivity index (χ1n) is 10.9. The summed E-state index contributed by atoms with van der Waals surface area (Å²) >= 11 is 2.13. The SMILES string of the molecule is CC[C@H](C(=O)NC(C)C)N(Cc1cccc(OC)c1)C(=O)CN(c1ccc(I)cc1)S(C)(=O)=O. The minimum Gasteiger partial charge on any atom is -0.497 e. The maximum Gasteiger partial charge on any atom is 0.244 e. The Labute approximate surface area is 215 Å². The van der Waals surface area contributed by atoms with Gasteiger partial charge in [0.05, 0.1) is 19.1 Å². The van der Waals surface area contributed by atoms with Crippen LogP contribution >= 0.6 is 22.6 Å². The second kappa shape index (κ2) is 12.4. The van der Waals surface area contributed by atoms with Crippen LogP contribution in [0.1, 0.15) is 32.8 Å². The third kappa shape index (κ3) is 7.86. The van der Waals surface area contributed by atoms with Crippen LogP contribution in [0.4, 0.5) is 5.69 Å². The number of carbonyl (C=O) groups excluding carboxylic acids is 2. The highest BCUT2D eigenvalue weighted by molar-refractivity contribution is 14.1. The molecule has 2 aromatic carbocycles. The Kier molecular flexibility index (Phi) is 10.2. The predicted molar refractivity (Wildman–Crippen MR) is 142 cm³/mol. The Morgan fingerprint density at radius 1 is 1.12 bits per heavy atom. The summed E-state index contributed by atoms with van der Waals surface area (Å²) in [6, 6.07) is 13.2. The Balaban J connectivity index is 2.44. The molecule has 1 N–H and O–H groups in total. The van der Waals surface area contributed by atoms with Gasteiger partial charge in [0, 0.05) is 16.2 Å². The summed E-state index contributed by atoms with van der Waals surface area (Å²) in [6.45, 7) is 5.23. The molecule has 34 heavy (non-hydrogen) atoms. The molecular formula is C24H32IN3O5S. The highest BCUT2D eigenvalue weighted by Crippen LogP contribution is 2.22. The highest BCUT2D eigenvalue weighted by atomic mass is 127. The number of methoxy groups -OCH3 is 1. The quantitative estimate of drug-likeness (QED) is 0.399. The second-order valence-corrected chi connectivity index (χ2v) is 11.4. The Morgan fingerprint density at radius 3 is 2.29 bits per heavy atom. The summed E-state index contributed by atoms with van der Waals surface area (Å²) in [6.07, 6.45) is 1.43. The van der Waals surface area contributed by atoms with Gasteiger partial charge in [0.25, 0.3) is 0 Å². The zero-order valence-corrected chi connectivity index (χ0v) is 23.1. The normalized spacial score (nSPS) is 12.2. The zero-order valence-electron chi connectivity index (χ0n) is 20.1. The number of rotatable bonds is 11. The third-order valence-electron chi connectivity index (χ3n) is 5.10. The molecule has 2 amide bonds. The summed E-state index contributed by atoms with van der Waals surface area (Å²) < 4.78 is 32.5. The summed E-state index contributed by atoms with van der Waals surface area (Å²) in [7, 11) is -2.20. The maximum atomic E-state index is 13.6. The van der Waals surface area contributed by atoms with E-state index in [1.807, 2.05) is 26.8 Å². The van der Waals surface area contributed by atoms with Gasteiger partial charge in [0.1, 0.15) is 18.3 Å². The fraction of sp³-hybridized carbons (Fsp3) is 0.417. The van der Waals surface area contributed by atoms with Crippen LogP contribution < -0.4 is 14.4 Å². The zero-order chi connectivity index (χ0) is 25.5. The fourth-order valence-electron chi connectivity index (χ4n) is 3.49. The summed E-state index contributed by atoms with van der Waals surface area (Å²) in [5.74, 6) is -0.132. The molecule has 2 aromatic rings. The molecule has 0 heterocycles. The van der Waals surface area contributed by atoms with Crippen LogP contribution in [0.2, 0.25) is 0 Å². The van der Waals surface area contributed by atoms with E-state index in [4.69, 9.17) is 4.74 Å². The number of anilines is 1. The summed E-state index contributed by atoms with van der Waals surface area (Å²) in [5, 5.41) is 2.87. The van der Waals surface area contributed by atoms with E-state index in [2.05, 4.69) is 27.9 Å². The van der Waals surface area contributed by atoms with Gasteiger partial charge in [-0.1, -0.05) is 19.1 Å². The lowest BCUT2D eigenvalue weighted by atomic mass is 10.1. The first-order chi connectivity index (χ1) is 16.0. The number of nitrogens with one attached hydrogen (secondary N) is 1. The van der Waals surface area contributed by atoms with E-state index in [0.29, 0.717) is 17.9 Å². The van der Waals surface area contributed by atoms with Gasteiger partial charge >= 0.3 is 0 Å². The van der Waals surface area contributed by atoms with Crippen molar-refractivity contribution in [2.45, 2.75) is 45.8 Å². The van der Waals surface area contributed by atoms with Crippen molar-refractivity contribution in [1.29, 1.82) is 0 Å². The Hall–Kier alpha value is -2.34. The van der Waals surface area contributed by atoms with E-state index < -0.39 is 28.5 Å². The van der Waals surface area contributed by atoms with Crippen molar-refractivity contribution in [3.8, 4) is 5.75 Å². The molecule has 0 saturated carbocycles. The maximum absolute atomic E-state index is 13.6. The molecule has 10 heteroatoms. The van der Waals surface area contributed by atoms with E-state index in [1.165, 1.54) is 4.90 Å². The number of carbonyl (C=O) groups is 2. The van der Waals surface area contributed by atoms with Crippen LogP contribution in [-0.2, 0) is 26.2 Å². The van der Waals surface area contributed by atoms with Gasteiger partial charge < -0.3 is 15.0 Å². The number of sulfonamides is 1. The molecule has 0 aliphatic heterocycles. The van der Waals surface area contributed by atoms with Gasteiger partial charge in [-0.2, -0.15) is 0 Å². The van der Waals surface area contributed by atoms with Crippen LogP contribution in [0.5, 0.6) is 5.75 Å². The molecule has 0 fully saturated rings. The molecule has 0 aliphatic rings. The van der Waals surface area contributed by atoms with Crippen molar-refractivity contribution >= 4 is 50.1 Å². The number of halogens is 1. The molecule has 0 aliphatic carbocycles. The average Bonchev–Trinajstić information content (AvgIpc) is 2.76. The number of amides is 2. The van der Waals surface area contributed by atoms with Crippen molar-refractivity contribution in [3.63, 3.8) is 0 Å². The summed E-state index contributed by atoms with van der Waals surface area (Å²) in [4.78, 5) is 28.0. The van der Waals surface area contributed by atoms with Crippen LogP contribution in [0, 0.1) is 3.57 Å². The number of nitrogens with zero attached hydrogens (tertiary/aromatic N) is 2. The van der Waals surface area contributed by atoms with Crippen LogP contribution in [0.25, 0.3) is 0 Å². The molecule has 0 aromatic heterocycles. The third-order valence-corrected chi connectivity index (χ3v) is 6.96. The van der Waals surface area contributed by atoms with E-state index in [1.54, 1.807) is 49.6 Å². The first kappa shape index (κ1) is 27.9. The number of hydrogen-bond acceptors (Lipinski definition) is 5. The van der Waals surface area contributed by atoms with Crippen molar-refractivity contribution in [3.05, 3.63) is 57.7 Å². The van der Waals surface area contributed by atoms with Crippen molar-refractivity contribution in [1.82, 2.24) is 10.2 Å².